The quantitative estimate of drug-likeness (QED) is 0.0666. The van der Waals surface area contributed by atoms with Gasteiger partial charge in [0.2, 0.25) is 0 Å². The fraction of sp³-hybridized carbons (Fsp3) is 0.143. The predicted molar refractivity (Wildman–Crippen MR) is 164 cm³/mol. The number of aromatic nitrogens is 4. The Kier molecular flexibility index (Phi) is 13.1. The van der Waals surface area contributed by atoms with Crippen molar-refractivity contribution in [2.75, 3.05) is 36.5 Å². The van der Waals surface area contributed by atoms with Gasteiger partial charge in [0.15, 0.2) is 29.2 Å². The summed E-state index contributed by atoms with van der Waals surface area (Å²) >= 11 is 0. The number of aliphatic hydroxyl groups is 1. The summed E-state index contributed by atoms with van der Waals surface area (Å²) in [6.45, 7) is 0. The largest absolute Gasteiger partial charge is 0.478 e. The summed E-state index contributed by atoms with van der Waals surface area (Å²) in [5.74, 6) is 13.9. The van der Waals surface area contributed by atoms with Crippen LogP contribution in [0, 0.1) is 5.41 Å². The van der Waals surface area contributed by atoms with Crippen molar-refractivity contribution in [3.8, 4) is 0 Å². The minimum Gasteiger partial charge on any atom is -0.478 e. The molecule has 0 saturated carbocycles. The van der Waals surface area contributed by atoms with Crippen molar-refractivity contribution in [1.82, 2.24) is 19.8 Å². The smallest absolute Gasteiger partial charge is 0.337 e. The summed E-state index contributed by atoms with van der Waals surface area (Å²) in [7, 11) is 2.74. The number of hydrogen-bond donors (Lipinski definition) is 8. The number of amides is 1. The zero-order valence-corrected chi connectivity index (χ0v) is 24.3. The van der Waals surface area contributed by atoms with Gasteiger partial charge >= 0.3 is 5.97 Å². The van der Waals surface area contributed by atoms with Crippen LogP contribution in [0.4, 0.5) is 11.4 Å². The first-order valence-electron chi connectivity index (χ1n) is 12.9. The van der Waals surface area contributed by atoms with Gasteiger partial charge in [-0.2, -0.15) is 14.7 Å². The third-order valence-corrected chi connectivity index (χ3v) is 5.99. The molecule has 0 aliphatic heterocycles. The number of carboxylic acid groups (broad SMARTS) is 1. The molecule has 17 nitrogen and oxygen atoms in total. The third kappa shape index (κ3) is 9.58. The summed E-state index contributed by atoms with van der Waals surface area (Å²) in [6.07, 6.45) is 2.53. The molecule has 2 aromatic heterocycles. The number of aldehydes is 2. The van der Waals surface area contributed by atoms with Crippen LogP contribution in [0.1, 0.15) is 52.8 Å². The zero-order valence-electron chi connectivity index (χ0n) is 24.3. The number of aryl methyl sites for hydroxylation is 2. The van der Waals surface area contributed by atoms with E-state index in [1.165, 1.54) is 36.4 Å². The molecular weight excluding hydrogens is 586 g/mol. The molecule has 45 heavy (non-hydrogen) atoms. The summed E-state index contributed by atoms with van der Waals surface area (Å²) in [5.41, 5.74) is 3.46. The van der Waals surface area contributed by atoms with Gasteiger partial charge in [0.05, 0.1) is 11.3 Å². The number of rotatable bonds is 9. The normalized spacial score (nSPS) is 10.3. The van der Waals surface area contributed by atoms with E-state index >= 15 is 0 Å². The molecule has 4 aromatic rings. The maximum absolute atomic E-state index is 12.4. The molecular formula is C28H33N11O6. The minimum absolute atomic E-state index is 0.0556. The maximum atomic E-state index is 12.4. The maximum Gasteiger partial charge on any atom is 0.337 e. The van der Waals surface area contributed by atoms with Crippen LogP contribution in [0.2, 0.25) is 0 Å². The highest BCUT2D eigenvalue weighted by molar-refractivity contribution is 6.06. The number of nitrogen functional groups attached to an aromatic ring is 2. The van der Waals surface area contributed by atoms with E-state index in [1.807, 2.05) is 12.1 Å². The molecule has 0 bridgehead atoms. The Morgan fingerprint density at radius 2 is 1.56 bits per heavy atom. The topological polar surface area (TPSA) is 283 Å². The summed E-state index contributed by atoms with van der Waals surface area (Å²) < 4.78 is 0. The Labute approximate surface area is 256 Å². The number of aromatic carboxylic acids is 1. The molecule has 0 radical (unpaired) electrons. The molecule has 0 fully saturated rings. The lowest BCUT2D eigenvalue weighted by molar-refractivity contribution is 0.0697. The number of benzene rings is 2. The zero-order chi connectivity index (χ0) is 33.5. The Morgan fingerprint density at radius 3 is 2.09 bits per heavy atom. The number of carboxylic acids is 1. The first kappa shape index (κ1) is 34.8. The lowest BCUT2D eigenvalue weighted by atomic mass is 10.00. The molecule has 2 aromatic carbocycles. The second-order valence-corrected chi connectivity index (χ2v) is 8.78. The monoisotopic (exact) mass is 619 g/mol. The second-order valence-electron chi connectivity index (χ2n) is 8.78. The first-order valence-corrected chi connectivity index (χ1v) is 12.9. The summed E-state index contributed by atoms with van der Waals surface area (Å²) in [6, 6.07) is 15.9. The van der Waals surface area contributed by atoms with Crippen LogP contribution in [0.25, 0.3) is 0 Å². The van der Waals surface area contributed by atoms with Crippen molar-refractivity contribution in [2.24, 2.45) is 10.9 Å². The molecule has 17 heteroatoms. The van der Waals surface area contributed by atoms with Crippen molar-refractivity contribution < 1.29 is 29.4 Å². The van der Waals surface area contributed by atoms with Gasteiger partial charge < -0.3 is 38.4 Å². The third-order valence-electron chi connectivity index (χ3n) is 5.99. The Morgan fingerprint density at radius 1 is 0.911 bits per heavy atom. The predicted octanol–water partition coefficient (Wildman–Crippen LogP) is -0.541. The number of nitrogens with zero attached hydrogens (tertiary/aromatic N) is 5. The number of carbonyl (C=O) groups excluding carboxylic acids is 3. The summed E-state index contributed by atoms with van der Waals surface area (Å²) in [5, 5.41) is 40.3. The lowest BCUT2D eigenvalue weighted by Crippen LogP contribution is -2.31. The van der Waals surface area contributed by atoms with Gasteiger partial charge in [-0.3, -0.25) is 19.8 Å². The van der Waals surface area contributed by atoms with Crippen LogP contribution >= 0.6 is 0 Å². The van der Waals surface area contributed by atoms with Crippen LogP contribution in [0.5, 0.6) is 0 Å². The number of nitrogens with one attached hydrogen (secondary N) is 3. The number of aliphatic hydroxyl groups excluding tert-OH is 1. The molecule has 11 N–H and O–H groups in total. The van der Waals surface area contributed by atoms with Gasteiger partial charge in [0.1, 0.15) is 5.69 Å². The molecule has 0 spiro atoms. The number of hydrogen-bond acceptors (Lipinski definition) is 13. The highest BCUT2D eigenvalue weighted by atomic mass is 16.4. The van der Waals surface area contributed by atoms with E-state index in [2.05, 4.69) is 25.9 Å². The van der Waals surface area contributed by atoms with Gasteiger partial charge in [0.25, 0.3) is 5.91 Å². The van der Waals surface area contributed by atoms with Gasteiger partial charge in [-0.1, -0.05) is 12.1 Å². The van der Waals surface area contributed by atoms with Crippen molar-refractivity contribution in [3.63, 3.8) is 0 Å². The van der Waals surface area contributed by atoms with E-state index < -0.39 is 11.9 Å². The van der Waals surface area contributed by atoms with Crippen molar-refractivity contribution in [1.29, 1.82) is 5.41 Å². The standard InChI is InChI=1S/C22H22N6O4.C5H7N5O.CH4O/c1-25-17-6-4-13(10-15(17)12-29)2-3-14-5-7-18(16(11-14)22(31)32)26-21(30)19-8-9-20(23)28(24)27-19;6-8-5-2-1-4(3-11)9-10(5)7;1-2/h4-12,23,25H,2-3,24H2,1H3,(H,26,30)(H,31,32);1-3H,6-7H2;2H,1H3/b;8-5-;. The average Bonchev–Trinajstić information content (AvgIpc) is 3.06. The van der Waals surface area contributed by atoms with Crippen molar-refractivity contribution in [3.05, 3.63) is 105 Å². The van der Waals surface area contributed by atoms with Crippen LogP contribution in [0.3, 0.4) is 0 Å². The van der Waals surface area contributed by atoms with E-state index in [-0.39, 0.29) is 28.1 Å². The van der Waals surface area contributed by atoms with E-state index in [0.29, 0.717) is 30.2 Å². The van der Waals surface area contributed by atoms with E-state index in [0.717, 1.165) is 39.8 Å². The highest BCUT2D eigenvalue weighted by Gasteiger charge is 2.16. The fourth-order valence-electron chi connectivity index (χ4n) is 3.77. The van der Waals surface area contributed by atoms with E-state index in [4.69, 9.17) is 28.0 Å². The van der Waals surface area contributed by atoms with Crippen LogP contribution in [0.15, 0.2) is 65.8 Å². The number of carbonyl (C=O) groups is 4. The minimum atomic E-state index is -1.19. The van der Waals surface area contributed by atoms with Crippen LogP contribution in [-0.2, 0) is 12.8 Å². The number of anilines is 2. The van der Waals surface area contributed by atoms with Crippen molar-refractivity contribution >= 4 is 35.8 Å². The number of nitrogens with two attached hydrogens (primary N) is 3. The Hall–Kier alpha value is -6.36. The molecule has 0 atom stereocenters. The molecule has 0 unspecified atom stereocenters. The van der Waals surface area contributed by atoms with Gasteiger partial charge in [-0.15, -0.1) is 10.2 Å². The van der Waals surface area contributed by atoms with Crippen LogP contribution in [-0.4, -0.2) is 68.6 Å². The first-order chi connectivity index (χ1) is 21.6. The molecule has 4 rings (SSSR count). The van der Waals surface area contributed by atoms with Crippen LogP contribution < -0.4 is 39.1 Å². The second kappa shape index (κ2) is 16.9. The van der Waals surface area contributed by atoms with Gasteiger partial charge in [-0.05, 0) is 72.5 Å². The molecule has 236 valence electrons. The lowest BCUT2D eigenvalue weighted by Gasteiger charge is -2.11. The fourth-order valence-corrected chi connectivity index (χ4v) is 3.77. The molecule has 0 saturated heterocycles. The molecule has 1 amide bonds. The highest BCUT2D eigenvalue weighted by Crippen LogP contribution is 2.21. The van der Waals surface area contributed by atoms with Gasteiger partial charge in [-0.25, -0.2) is 4.79 Å². The summed E-state index contributed by atoms with van der Waals surface area (Å²) in [4.78, 5) is 47.3. The molecule has 0 aliphatic rings. The molecule has 0 aliphatic carbocycles. The van der Waals surface area contributed by atoms with Crippen molar-refractivity contribution in [2.45, 2.75) is 12.8 Å². The Balaban J connectivity index is 0.000000454. The van der Waals surface area contributed by atoms with Gasteiger partial charge in [0, 0.05) is 25.4 Å². The van der Waals surface area contributed by atoms with E-state index in [1.54, 1.807) is 19.2 Å². The average molecular weight is 620 g/mol. The SMILES string of the molecule is CNc1ccc(CCc2ccc(NC(=O)c3ccc(=N)n(N)n3)c(C(=O)O)c2)cc1C=O.CO.N/N=c1/ccc(C=O)nn1N. The van der Waals surface area contributed by atoms with E-state index in [9.17, 15) is 24.3 Å². The Bertz CT molecular complexity index is 1800. The molecule has 2 heterocycles.